The van der Waals surface area contributed by atoms with Crippen molar-refractivity contribution in [1.82, 2.24) is 24.7 Å². The van der Waals surface area contributed by atoms with Crippen LogP contribution in [0.5, 0.6) is 5.75 Å². The molecule has 0 amide bonds. The summed E-state index contributed by atoms with van der Waals surface area (Å²) in [5, 5.41) is 4.82. The lowest BCUT2D eigenvalue weighted by atomic mass is 10.0. The number of hydrogen-bond donors (Lipinski definition) is 0. The molecule has 0 radical (unpaired) electrons. The van der Waals surface area contributed by atoms with Gasteiger partial charge in [-0.1, -0.05) is 50.2 Å². The summed E-state index contributed by atoms with van der Waals surface area (Å²) < 4.78 is 7.67. The highest BCUT2D eigenvalue weighted by atomic mass is 16.5. The van der Waals surface area contributed by atoms with Gasteiger partial charge in [0.15, 0.2) is 11.6 Å². The van der Waals surface area contributed by atoms with Crippen LogP contribution in [-0.4, -0.2) is 31.3 Å². The molecule has 0 atom stereocenters. The number of nitrogens with zero attached hydrogens (tertiary/aromatic N) is 5. The second-order valence-electron chi connectivity index (χ2n) is 8.19. The number of aromatic nitrogens is 5. The molecular formula is C28H27N5O. The first-order valence-corrected chi connectivity index (χ1v) is 11.7. The minimum Gasteiger partial charge on any atom is -0.494 e. The summed E-state index contributed by atoms with van der Waals surface area (Å²) >= 11 is 0. The van der Waals surface area contributed by atoms with Crippen molar-refractivity contribution in [1.29, 1.82) is 0 Å². The molecule has 2 heterocycles. The van der Waals surface area contributed by atoms with Crippen molar-refractivity contribution >= 4 is 11.0 Å². The largest absolute Gasteiger partial charge is 0.494 e. The molecule has 0 bridgehead atoms. The Hall–Kier alpha value is -4.06. The number of hydrogen-bond acceptors (Lipinski definition) is 5. The van der Waals surface area contributed by atoms with Gasteiger partial charge in [0, 0.05) is 30.1 Å². The van der Waals surface area contributed by atoms with E-state index in [1.807, 2.05) is 35.0 Å². The highest BCUT2D eigenvalue weighted by Gasteiger charge is 2.14. The van der Waals surface area contributed by atoms with Crippen molar-refractivity contribution in [2.75, 3.05) is 6.61 Å². The number of aryl methyl sites for hydroxylation is 1. The first kappa shape index (κ1) is 21.8. The molecule has 170 valence electrons. The van der Waals surface area contributed by atoms with Crippen molar-refractivity contribution < 1.29 is 4.74 Å². The summed E-state index contributed by atoms with van der Waals surface area (Å²) in [4.78, 5) is 13.7. The van der Waals surface area contributed by atoms with Gasteiger partial charge in [0.1, 0.15) is 5.75 Å². The minimum atomic E-state index is 0.720. The van der Waals surface area contributed by atoms with Crippen LogP contribution in [0.25, 0.3) is 44.9 Å². The number of benzene rings is 3. The van der Waals surface area contributed by atoms with Gasteiger partial charge in [0.05, 0.1) is 17.6 Å². The maximum Gasteiger partial charge on any atom is 0.181 e. The van der Waals surface area contributed by atoms with Crippen LogP contribution >= 0.6 is 0 Å². The molecule has 34 heavy (non-hydrogen) atoms. The van der Waals surface area contributed by atoms with E-state index >= 15 is 0 Å². The molecule has 5 aromatic rings. The molecule has 6 nitrogen and oxygen atoms in total. The Balaban J connectivity index is 1.43. The number of fused-ring (bicyclic) bond motifs is 1. The Morgan fingerprint density at radius 2 is 1.35 bits per heavy atom. The monoisotopic (exact) mass is 449 g/mol. The summed E-state index contributed by atoms with van der Waals surface area (Å²) in [6.07, 6.45) is 5.39. The molecule has 0 aliphatic rings. The minimum absolute atomic E-state index is 0.720. The van der Waals surface area contributed by atoms with Crippen molar-refractivity contribution in [3.63, 3.8) is 0 Å². The second kappa shape index (κ2) is 9.83. The lowest BCUT2D eigenvalue weighted by Gasteiger charge is -2.06. The molecule has 0 spiro atoms. The summed E-state index contributed by atoms with van der Waals surface area (Å²) in [7, 11) is 0. The van der Waals surface area contributed by atoms with Gasteiger partial charge in [-0.2, -0.15) is 5.10 Å². The van der Waals surface area contributed by atoms with Gasteiger partial charge in [0.25, 0.3) is 0 Å². The van der Waals surface area contributed by atoms with E-state index < -0.39 is 0 Å². The molecule has 6 heteroatoms. The Bertz CT molecular complexity index is 1390. The van der Waals surface area contributed by atoms with Crippen molar-refractivity contribution in [2.45, 2.75) is 33.2 Å². The van der Waals surface area contributed by atoms with Crippen LogP contribution in [0.15, 0.2) is 79.1 Å². The van der Waals surface area contributed by atoms with Gasteiger partial charge in [-0.05, 0) is 54.3 Å². The molecule has 0 N–H and O–H groups in total. The van der Waals surface area contributed by atoms with Crippen molar-refractivity contribution in [3.05, 3.63) is 79.1 Å². The van der Waals surface area contributed by atoms with Gasteiger partial charge < -0.3 is 4.74 Å². The lowest BCUT2D eigenvalue weighted by molar-refractivity contribution is 0.317. The zero-order valence-electron chi connectivity index (χ0n) is 19.5. The highest BCUT2D eigenvalue weighted by Crippen LogP contribution is 2.28. The van der Waals surface area contributed by atoms with Gasteiger partial charge in [0.2, 0.25) is 0 Å². The van der Waals surface area contributed by atoms with E-state index in [9.17, 15) is 0 Å². The Morgan fingerprint density at radius 1 is 0.706 bits per heavy atom. The van der Waals surface area contributed by atoms with Gasteiger partial charge in [-0.3, -0.25) is 9.97 Å². The normalized spacial score (nSPS) is 11.1. The summed E-state index contributed by atoms with van der Waals surface area (Å²) in [6.45, 7) is 5.78. The Kier molecular flexibility index (Phi) is 6.29. The van der Waals surface area contributed by atoms with E-state index in [2.05, 4.69) is 60.2 Å². The Morgan fingerprint density at radius 3 is 2.06 bits per heavy atom. The molecular weight excluding hydrogens is 422 g/mol. The second-order valence-corrected chi connectivity index (χ2v) is 8.19. The third kappa shape index (κ3) is 4.53. The summed E-state index contributed by atoms with van der Waals surface area (Å²) in [5.74, 6) is 2.47. The van der Waals surface area contributed by atoms with Crippen LogP contribution in [-0.2, 0) is 6.54 Å². The standard InChI is InChI=1S/C28H27N5O/c1-3-17-33-28(23-11-14-25-26(19-23)30-16-15-29-25)31-27(32-33)22-7-5-20(6-8-22)21-9-12-24(13-10-21)34-18-4-2/h5-16,19H,3-4,17-18H2,1-2H3. The molecule has 0 aliphatic carbocycles. The van der Waals surface area contributed by atoms with Gasteiger partial charge in [-0.25, -0.2) is 9.67 Å². The molecule has 5 rings (SSSR count). The van der Waals surface area contributed by atoms with E-state index in [4.69, 9.17) is 14.8 Å². The topological polar surface area (TPSA) is 65.7 Å². The van der Waals surface area contributed by atoms with Crippen molar-refractivity contribution in [3.8, 4) is 39.7 Å². The summed E-state index contributed by atoms with van der Waals surface area (Å²) in [6, 6.07) is 22.7. The van der Waals surface area contributed by atoms with E-state index in [0.29, 0.717) is 0 Å². The molecule has 0 saturated carbocycles. The van der Waals surface area contributed by atoms with E-state index in [0.717, 1.165) is 76.7 Å². The predicted octanol–water partition coefficient (Wildman–Crippen LogP) is 6.42. The SMILES string of the molecule is CCCOc1ccc(-c2ccc(-c3nc(-c4ccc5nccnc5c4)n(CCC)n3)cc2)cc1. The smallest absolute Gasteiger partial charge is 0.181 e. The molecule has 0 saturated heterocycles. The van der Waals surface area contributed by atoms with Crippen LogP contribution < -0.4 is 4.74 Å². The van der Waals surface area contributed by atoms with Crippen LogP contribution in [0, 0.1) is 0 Å². The van der Waals surface area contributed by atoms with Crippen LogP contribution in [0.4, 0.5) is 0 Å². The number of ether oxygens (including phenoxy) is 1. The molecule has 2 aromatic heterocycles. The van der Waals surface area contributed by atoms with Gasteiger partial charge in [-0.15, -0.1) is 0 Å². The van der Waals surface area contributed by atoms with Crippen LogP contribution in [0.3, 0.4) is 0 Å². The lowest BCUT2D eigenvalue weighted by Crippen LogP contribution is -2.02. The highest BCUT2D eigenvalue weighted by molar-refractivity contribution is 5.80. The summed E-state index contributed by atoms with van der Waals surface area (Å²) in [5.41, 5.74) is 5.99. The fourth-order valence-corrected chi connectivity index (χ4v) is 3.92. The van der Waals surface area contributed by atoms with E-state index in [1.54, 1.807) is 12.4 Å². The number of rotatable bonds is 8. The maximum atomic E-state index is 5.69. The average molecular weight is 450 g/mol. The third-order valence-electron chi connectivity index (χ3n) is 5.64. The van der Waals surface area contributed by atoms with Crippen molar-refractivity contribution in [2.24, 2.45) is 0 Å². The first-order valence-electron chi connectivity index (χ1n) is 11.7. The zero-order valence-corrected chi connectivity index (χ0v) is 19.5. The first-order chi connectivity index (χ1) is 16.7. The van der Waals surface area contributed by atoms with Gasteiger partial charge >= 0.3 is 0 Å². The Labute approximate surface area is 199 Å². The molecule has 0 fully saturated rings. The maximum absolute atomic E-state index is 5.69. The van der Waals surface area contributed by atoms with Crippen LogP contribution in [0.2, 0.25) is 0 Å². The molecule has 0 unspecified atom stereocenters. The zero-order chi connectivity index (χ0) is 23.3. The van der Waals surface area contributed by atoms with E-state index in [-0.39, 0.29) is 0 Å². The fraction of sp³-hybridized carbons (Fsp3) is 0.214. The van der Waals surface area contributed by atoms with E-state index in [1.165, 1.54) is 0 Å². The fourth-order valence-electron chi connectivity index (χ4n) is 3.92. The average Bonchev–Trinajstić information content (AvgIpc) is 3.32. The molecule has 3 aromatic carbocycles. The molecule has 0 aliphatic heterocycles. The third-order valence-corrected chi connectivity index (χ3v) is 5.64. The predicted molar refractivity (Wildman–Crippen MR) is 136 cm³/mol. The van der Waals surface area contributed by atoms with Crippen LogP contribution in [0.1, 0.15) is 26.7 Å². The quantitative estimate of drug-likeness (QED) is 0.273.